The van der Waals surface area contributed by atoms with Gasteiger partial charge in [0.15, 0.2) is 5.78 Å². The lowest BCUT2D eigenvalue weighted by Crippen LogP contribution is -2.61. The molecule has 2 amide bonds. The predicted molar refractivity (Wildman–Crippen MR) is 137 cm³/mol. The molecule has 0 bridgehead atoms. The van der Waals surface area contributed by atoms with Crippen LogP contribution < -0.4 is 20.7 Å². The molecule has 2 aliphatic heterocycles. The number of methoxy groups -OCH3 is 1. The van der Waals surface area contributed by atoms with Crippen LogP contribution in [0.15, 0.2) is 54.6 Å². The molecule has 0 spiro atoms. The molecular formula is C28H35N3O6. The Hall–Kier alpha value is -3.27. The Morgan fingerprint density at radius 3 is 2.24 bits per heavy atom. The summed E-state index contributed by atoms with van der Waals surface area (Å²) >= 11 is 0. The van der Waals surface area contributed by atoms with Crippen LogP contribution in [-0.2, 0) is 32.0 Å². The van der Waals surface area contributed by atoms with E-state index in [0.29, 0.717) is 31.7 Å². The number of hydrogen-bond acceptors (Lipinski definition) is 7. The zero-order valence-electron chi connectivity index (χ0n) is 21.3. The molecule has 4 atom stereocenters. The second-order valence-corrected chi connectivity index (χ2v) is 9.98. The fraction of sp³-hybridized carbons (Fsp3) is 0.464. The van der Waals surface area contributed by atoms with Crippen molar-refractivity contribution in [2.45, 2.75) is 55.8 Å². The topological polar surface area (TPSA) is 129 Å². The first-order valence-electron chi connectivity index (χ1n) is 12.6. The monoisotopic (exact) mass is 509 g/mol. The van der Waals surface area contributed by atoms with E-state index in [9.17, 15) is 19.5 Å². The highest BCUT2D eigenvalue weighted by atomic mass is 16.6. The van der Waals surface area contributed by atoms with Gasteiger partial charge in [0.1, 0.15) is 22.9 Å². The number of aliphatic hydroxyl groups excluding tert-OH is 1. The van der Waals surface area contributed by atoms with Gasteiger partial charge in [-0.15, -0.1) is 0 Å². The SMILES string of the molecule is COc1ccc(C[C@H](NC(=O)[C@@]2(CO)CCCN2)C(=O)N[C@@H](Cc2ccccc2)C(=O)[C@@]2(C)CO2)cc1. The molecule has 9 heteroatoms. The standard InChI is InChI=1S/C28H35N3O6/c1-27(18-37-27)24(33)22(15-19-7-4-3-5-8-19)30-25(34)23(16-20-9-11-21(36-2)12-10-20)31-26(35)28(17-32)13-6-14-29-28/h3-5,7-12,22-23,29,32H,6,13-18H2,1-2H3,(H,30,34)(H,31,35)/t22-,23-,27+,28-/m0/s1. The predicted octanol–water partition coefficient (Wildman–Crippen LogP) is 0.923. The average molecular weight is 510 g/mol. The number of Topliss-reactive ketones (excluding diaryl/α,β-unsaturated/α-hetero) is 1. The Kier molecular flexibility index (Phi) is 8.26. The zero-order valence-corrected chi connectivity index (χ0v) is 21.3. The fourth-order valence-electron chi connectivity index (χ4n) is 4.66. The summed E-state index contributed by atoms with van der Waals surface area (Å²) in [5.74, 6) is -0.448. The Bertz CT molecular complexity index is 1090. The van der Waals surface area contributed by atoms with Gasteiger partial charge in [0.2, 0.25) is 11.8 Å². The van der Waals surface area contributed by atoms with E-state index < -0.39 is 35.0 Å². The summed E-state index contributed by atoms with van der Waals surface area (Å²) in [6.07, 6.45) is 1.71. The van der Waals surface area contributed by atoms with E-state index in [1.54, 1.807) is 26.2 Å². The lowest BCUT2D eigenvalue weighted by atomic mass is 9.93. The van der Waals surface area contributed by atoms with Crippen LogP contribution >= 0.6 is 0 Å². The third-order valence-electron chi connectivity index (χ3n) is 7.18. The quantitative estimate of drug-likeness (QED) is 0.313. The molecule has 0 aromatic heterocycles. The normalized spacial score (nSPS) is 24.1. The Morgan fingerprint density at radius 1 is 1.03 bits per heavy atom. The molecule has 37 heavy (non-hydrogen) atoms. The molecule has 2 heterocycles. The highest BCUT2D eigenvalue weighted by Crippen LogP contribution is 2.29. The second-order valence-electron chi connectivity index (χ2n) is 9.98. The first kappa shape index (κ1) is 26.8. The fourth-order valence-corrected chi connectivity index (χ4v) is 4.66. The van der Waals surface area contributed by atoms with E-state index in [1.807, 2.05) is 42.5 Å². The summed E-state index contributed by atoms with van der Waals surface area (Å²) in [6, 6.07) is 14.9. The van der Waals surface area contributed by atoms with Crippen molar-refractivity contribution in [3.63, 3.8) is 0 Å². The average Bonchev–Trinajstić information content (AvgIpc) is 3.47. The van der Waals surface area contributed by atoms with Gasteiger partial charge in [-0.25, -0.2) is 0 Å². The number of carbonyl (C=O) groups is 3. The van der Waals surface area contributed by atoms with Crippen LogP contribution in [-0.4, -0.2) is 72.8 Å². The molecule has 0 radical (unpaired) electrons. The van der Waals surface area contributed by atoms with Crippen molar-refractivity contribution in [1.82, 2.24) is 16.0 Å². The van der Waals surface area contributed by atoms with Crippen molar-refractivity contribution >= 4 is 17.6 Å². The highest BCUT2D eigenvalue weighted by Gasteiger charge is 2.50. The van der Waals surface area contributed by atoms with E-state index in [1.165, 1.54) is 0 Å². The molecule has 4 rings (SSSR count). The number of epoxide rings is 1. The van der Waals surface area contributed by atoms with Crippen LogP contribution in [0.1, 0.15) is 30.9 Å². The van der Waals surface area contributed by atoms with Crippen molar-refractivity contribution in [3.05, 3.63) is 65.7 Å². The van der Waals surface area contributed by atoms with Crippen LogP contribution in [0, 0.1) is 0 Å². The van der Waals surface area contributed by atoms with Crippen LogP contribution in [0.3, 0.4) is 0 Å². The molecule has 2 aromatic carbocycles. The maximum Gasteiger partial charge on any atom is 0.243 e. The number of benzene rings is 2. The zero-order chi connectivity index (χ0) is 26.5. The molecule has 4 N–H and O–H groups in total. The van der Waals surface area contributed by atoms with Crippen LogP contribution in [0.25, 0.3) is 0 Å². The van der Waals surface area contributed by atoms with Gasteiger partial charge in [0, 0.05) is 6.42 Å². The molecule has 0 unspecified atom stereocenters. The minimum atomic E-state index is -1.13. The van der Waals surface area contributed by atoms with E-state index in [4.69, 9.17) is 9.47 Å². The van der Waals surface area contributed by atoms with Crippen molar-refractivity contribution in [1.29, 1.82) is 0 Å². The van der Waals surface area contributed by atoms with Crippen molar-refractivity contribution in [2.24, 2.45) is 0 Å². The Balaban J connectivity index is 1.56. The van der Waals surface area contributed by atoms with Gasteiger partial charge in [-0.3, -0.25) is 14.4 Å². The van der Waals surface area contributed by atoms with Gasteiger partial charge in [-0.05, 0) is 56.0 Å². The molecule has 2 aromatic rings. The van der Waals surface area contributed by atoms with Gasteiger partial charge >= 0.3 is 0 Å². The second kappa shape index (κ2) is 11.4. The largest absolute Gasteiger partial charge is 0.497 e. The highest BCUT2D eigenvalue weighted by molar-refractivity contribution is 5.98. The number of amides is 2. The molecule has 2 fully saturated rings. The van der Waals surface area contributed by atoms with Crippen LogP contribution in [0.5, 0.6) is 5.75 Å². The number of aliphatic hydroxyl groups is 1. The number of hydrogen-bond donors (Lipinski definition) is 4. The first-order valence-corrected chi connectivity index (χ1v) is 12.6. The summed E-state index contributed by atoms with van der Waals surface area (Å²) in [7, 11) is 1.57. The van der Waals surface area contributed by atoms with Gasteiger partial charge in [0.25, 0.3) is 0 Å². The van der Waals surface area contributed by atoms with Crippen LogP contribution in [0.2, 0.25) is 0 Å². The van der Waals surface area contributed by atoms with Gasteiger partial charge in [0.05, 0.1) is 26.4 Å². The van der Waals surface area contributed by atoms with Gasteiger partial charge in [-0.2, -0.15) is 0 Å². The number of ketones is 1. The van der Waals surface area contributed by atoms with E-state index in [2.05, 4.69) is 16.0 Å². The summed E-state index contributed by atoms with van der Waals surface area (Å²) in [6.45, 7) is 2.26. The minimum absolute atomic E-state index is 0.198. The first-order chi connectivity index (χ1) is 17.8. The molecule has 198 valence electrons. The third kappa shape index (κ3) is 6.36. The van der Waals surface area contributed by atoms with Crippen molar-refractivity contribution in [3.8, 4) is 5.75 Å². The molecule has 9 nitrogen and oxygen atoms in total. The molecule has 2 aliphatic rings. The maximum absolute atomic E-state index is 13.6. The minimum Gasteiger partial charge on any atom is -0.497 e. The summed E-state index contributed by atoms with van der Waals surface area (Å²) in [5, 5.41) is 18.8. The number of rotatable bonds is 12. The summed E-state index contributed by atoms with van der Waals surface area (Å²) < 4.78 is 10.6. The molecular weight excluding hydrogens is 474 g/mol. The molecule has 2 saturated heterocycles. The maximum atomic E-state index is 13.6. The van der Waals surface area contributed by atoms with Crippen molar-refractivity contribution < 1.29 is 29.0 Å². The van der Waals surface area contributed by atoms with Crippen molar-refractivity contribution in [2.75, 3.05) is 26.9 Å². The number of carbonyl (C=O) groups excluding carboxylic acids is 3. The van der Waals surface area contributed by atoms with E-state index in [0.717, 1.165) is 17.5 Å². The third-order valence-corrected chi connectivity index (χ3v) is 7.18. The summed E-state index contributed by atoms with van der Waals surface area (Å²) in [5.41, 5.74) is -0.346. The Labute approximate surface area is 216 Å². The van der Waals surface area contributed by atoms with Gasteiger partial charge < -0.3 is 30.5 Å². The number of ether oxygens (including phenoxy) is 2. The molecule has 0 saturated carbocycles. The molecule has 0 aliphatic carbocycles. The Morgan fingerprint density at radius 2 is 1.68 bits per heavy atom. The summed E-state index contributed by atoms with van der Waals surface area (Å²) in [4.78, 5) is 40.2. The van der Waals surface area contributed by atoms with E-state index >= 15 is 0 Å². The van der Waals surface area contributed by atoms with E-state index in [-0.39, 0.29) is 18.8 Å². The van der Waals surface area contributed by atoms with Gasteiger partial charge in [-0.1, -0.05) is 42.5 Å². The number of nitrogens with one attached hydrogen (secondary N) is 3. The lowest BCUT2D eigenvalue weighted by molar-refractivity contribution is -0.135. The van der Waals surface area contributed by atoms with Crippen LogP contribution in [0.4, 0.5) is 0 Å². The lowest BCUT2D eigenvalue weighted by Gasteiger charge is -2.29. The smallest absolute Gasteiger partial charge is 0.243 e.